The number of benzene rings is 2. The van der Waals surface area contributed by atoms with Crippen molar-refractivity contribution in [3.63, 3.8) is 0 Å². The molecule has 2 aromatic rings. The van der Waals surface area contributed by atoms with Crippen LogP contribution in [0.2, 0.25) is 0 Å². The molecule has 3 rings (SSSR count). The van der Waals surface area contributed by atoms with Crippen molar-refractivity contribution in [1.29, 1.82) is 0 Å². The standard InChI is InChI=1S/C21H28N4.HI/c1-22-21(23-16-18-10-4-2-5-11-18)24-17-20(25-14-8-9-15-25)19-12-6-3-7-13-19;/h2-7,10-13,20H,8-9,14-17H2,1H3,(H2,22,23,24);1H. The molecule has 1 unspecified atom stereocenters. The van der Waals surface area contributed by atoms with Crippen molar-refractivity contribution in [3.8, 4) is 0 Å². The van der Waals surface area contributed by atoms with Crippen LogP contribution in [0, 0.1) is 0 Å². The number of hydrogen-bond acceptors (Lipinski definition) is 2. The molecule has 5 heteroatoms. The van der Waals surface area contributed by atoms with Crippen molar-refractivity contribution in [3.05, 3.63) is 71.8 Å². The van der Waals surface area contributed by atoms with Gasteiger partial charge in [0.1, 0.15) is 0 Å². The maximum atomic E-state index is 4.37. The molecule has 0 aliphatic carbocycles. The van der Waals surface area contributed by atoms with Crippen molar-refractivity contribution in [2.45, 2.75) is 25.4 Å². The molecule has 0 amide bonds. The SMILES string of the molecule is CN=C(NCc1ccccc1)NCC(c1ccccc1)N1CCCC1.I. The quantitative estimate of drug-likeness (QED) is 0.388. The van der Waals surface area contributed by atoms with Gasteiger partial charge in [-0.2, -0.15) is 0 Å². The van der Waals surface area contributed by atoms with E-state index >= 15 is 0 Å². The van der Waals surface area contributed by atoms with Gasteiger partial charge in [-0.25, -0.2) is 0 Å². The van der Waals surface area contributed by atoms with E-state index in [9.17, 15) is 0 Å². The van der Waals surface area contributed by atoms with Crippen LogP contribution in [0.1, 0.15) is 30.0 Å². The van der Waals surface area contributed by atoms with Gasteiger partial charge in [-0.3, -0.25) is 9.89 Å². The Hall–Kier alpha value is -1.60. The molecule has 1 fully saturated rings. The molecular formula is C21H29IN4. The molecule has 0 bridgehead atoms. The average molecular weight is 464 g/mol. The lowest BCUT2D eigenvalue weighted by molar-refractivity contribution is 0.245. The number of hydrogen-bond donors (Lipinski definition) is 2. The molecule has 1 heterocycles. The Balaban J connectivity index is 0.00000243. The summed E-state index contributed by atoms with van der Waals surface area (Å²) in [5, 5.41) is 6.92. The first kappa shape index (κ1) is 20.7. The van der Waals surface area contributed by atoms with Crippen molar-refractivity contribution < 1.29 is 0 Å². The highest BCUT2D eigenvalue weighted by atomic mass is 127. The van der Waals surface area contributed by atoms with Crippen molar-refractivity contribution in [2.24, 2.45) is 4.99 Å². The number of nitrogens with zero attached hydrogens (tertiary/aromatic N) is 2. The van der Waals surface area contributed by atoms with Gasteiger partial charge in [0.2, 0.25) is 0 Å². The van der Waals surface area contributed by atoms with E-state index in [1.807, 2.05) is 13.1 Å². The number of halogens is 1. The summed E-state index contributed by atoms with van der Waals surface area (Å²) in [7, 11) is 1.83. The Morgan fingerprint density at radius 3 is 2.19 bits per heavy atom. The fourth-order valence-corrected chi connectivity index (χ4v) is 3.38. The molecule has 140 valence electrons. The van der Waals surface area contributed by atoms with E-state index in [-0.39, 0.29) is 24.0 Å². The summed E-state index contributed by atoms with van der Waals surface area (Å²) in [5.41, 5.74) is 2.63. The second-order valence-corrected chi connectivity index (χ2v) is 6.46. The molecule has 0 saturated carbocycles. The highest BCUT2D eigenvalue weighted by Crippen LogP contribution is 2.24. The summed E-state index contributed by atoms with van der Waals surface area (Å²) in [4.78, 5) is 6.95. The first-order valence-corrected chi connectivity index (χ1v) is 9.14. The Morgan fingerprint density at radius 1 is 0.962 bits per heavy atom. The van der Waals surface area contributed by atoms with Gasteiger partial charge in [-0.15, -0.1) is 24.0 Å². The van der Waals surface area contributed by atoms with Crippen LogP contribution in [0.25, 0.3) is 0 Å². The predicted molar refractivity (Wildman–Crippen MR) is 120 cm³/mol. The lowest BCUT2D eigenvalue weighted by Gasteiger charge is -2.29. The van der Waals surface area contributed by atoms with E-state index in [4.69, 9.17) is 0 Å². The minimum Gasteiger partial charge on any atom is -0.354 e. The van der Waals surface area contributed by atoms with Gasteiger partial charge >= 0.3 is 0 Å². The largest absolute Gasteiger partial charge is 0.354 e. The summed E-state index contributed by atoms with van der Waals surface area (Å²) in [6.45, 7) is 3.99. The van der Waals surface area contributed by atoms with Crippen LogP contribution in [0.15, 0.2) is 65.7 Å². The molecule has 26 heavy (non-hydrogen) atoms. The lowest BCUT2D eigenvalue weighted by Crippen LogP contribution is -2.42. The summed E-state index contributed by atoms with van der Waals surface area (Å²) in [6, 6.07) is 21.6. The fourth-order valence-electron chi connectivity index (χ4n) is 3.38. The minimum atomic E-state index is 0. The molecular weight excluding hydrogens is 435 g/mol. The lowest BCUT2D eigenvalue weighted by atomic mass is 10.1. The Bertz CT molecular complexity index is 654. The average Bonchev–Trinajstić information content (AvgIpc) is 3.20. The summed E-state index contributed by atoms with van der Waals surface area (Å²) >= 11 is 0. The zero-order valence-electron chi connectivity index (χ0n) is 15.4. The zero-order valence-corrected chi connectivity index (χ0v) is 17.7. The maximum absolute atomic E-state index is 4.37. The van der Waals surface area contributed by atoms with E-state index in [2.05, 4.69) is 75.1 Å². The molecule has 1 aliphatic rings. The molecule has 1 atom stereocenters. The summed E-state index contributed by atoms with van der Waals surface area (Å²) < 4.78 is 0. The third-order valence-corrected chi connectivity index (χ3v) is 4.76. The number of rotatable bonds is 6. The van der Waals surface area contributed by atoms with E-state index < -0.39 is 0 Å². The molecule has 4 nitrogen and oxygen atoms in total. The molecule has 1 saturated heterocycles. The zero-order chi connectivity index (χ0) is 17.3. The van der Waals surface area contributed by atoms with Crippen molar-refractivity contribution >= 4 is 29.9 Å². The van der Waals surface area contributed by atoms with Gasteiger partial charge in [0.25, 0.3) is 0 Å². The van der Waals surface area contributed by atoms with Crippen LogP contribution >= 0.6 is 24.0 Å². The number of aliphatic imine (C=N–C) groups is 1. The highest BCUT2D eigenvalue weighted by Gasteiger charge is 2.23. The minimum absolute atomic E-state index is 0. The first-order chi connectivity index (χ1) is 12.4. The van der Waals surface area contributed by atoms with E-state index in [1.54, 1.807) is 0 Å². The van der Waals surface area contributed by atoms with Gasteiger partial charge in [0, 0.05) is 20.1 Å². The Labute approximate surface area is 174 Å². The van der Waals surface area contributed by atoms with Crippen molar-refractivity contribution in [1.82, 2.24) is 15.5 Å². The monoisotopic (exact) mass is 464 g/mol. The van der Waals surface area contributed by atoms with E-state index in [1.165, 1.54) is 37.1 Å². The molecule has 0 radical (unpaired) electrons. The maximum Gasteiger partial charge on any atom is 0.191 e. The van der Waals surface area contributed by atoms with Gasteiger partial charge < -0.3 is 10.6 Å². The van der Waals surface area contributed by atoms with Gasteiger partial charge in [0.05, 0.1) is 6.04 Å². The first-order valence-electron chi connectivity index (χ1n) is 9.14. The van der Waals surface area contributed by atoms with Crippen LogP contribution in [0.3, 0.4) is 0 Å². The van der Waals surface area contributed by atoms with Crippen LogP contribution in [-0.2, 0) is 6.54 Å². The van der Waals surface area contributed by atoms with Crippen LogP contribution in [0.4, 0.5) is 0 Å². The molecule has 2 N–H and O–H groups in total. The Kier molecular flexibility index (Phi) is 8.91. The number of likely N-dealkylation sites (tertiary alicyclic amines) is 1. The van der Waals surface area contributed by atoms with E-state index in [0.717, 1.165) is 19.0 Å². The van der Waals surface area contributed by atoms with Crippen LogP contribution < -0.4 is 10.6 Å². The number of guanidine groups is 1. The molecule has 0 spiro atoms. The van der Waals surface area contributed by atoms with Gasteiger partial charge in [-0.1, -0.05) is 60.7 Å². The summed E-state index contributed by atoms with van der Waals surface area (Å²) in [6.07, 6.45) is 2.59. The fraction of sp³-hybridized carbons (Fsp3) is 0.381. The second-order valence-electron chi connectivity index (χ2n) is 6.46. The molecule has 0 aromatic heterocycles. The Morgan fingerprint density at radius 2 is 1.58 bits per heavy atom. The normalized spacial score (nSPS) is 16.0. The molecule has 2 aromatic carbocycles. The van der Waals surface area contributed by atoms with Crippen LogP contribution in [0.5, 0.6) is 0 Å². The third kappa shape index (κ3) is 5.99. The van der Waals surface area contributed by atoms with E-state index in [0.29, 0.717) is 6.04 Å². The van der Waals surface area contributed by atoms with Gasteiger partial charge in [-0.05, 0) is 37.1 Å². The van der Waals surface area contributed by atoms with Crippen LogP contribution in [-0.4, -0.2) is 37.5 Å². The van der Waals surface area contributed by atoms with Gasteiger partial charge in [0.15, 0.2) is 5.96 Å². The second kappa shape index (κ2) is 11.2. The number of nitrogens with one attached hydrogen (secondary N) is 2. The van der Waals surface area contributed by atoms with Crippen molar-refractivity contribution in [2.75, 3.05) is 26.7 Å². The highest BCUT2D eigenvalue weighted by molar-refractivity contribution is 14.0. The molecule has 1 aliphatic heterocycles. The summed E-state index contributed by atoms with van der Waals surface area (Å²) in [5.74, 6) is 0.851. The smallest absolute Gasteiger partial charge is 0.191 e. The predicted octanol–water partition coefficient (Wildman–Crippen LogP) is 3.81. The third-order valence-electron chi connectivity index (χ3n) is 4.76. The topological polar surface area (TPSA) is 39.7 Å².